The van der Waals surface area contributed by atoms with Gasteiger partial charge in [-0.25, -0.2) is 4.79 Å². The predicted octanol–water partition coefficient (Wildman–Crippen LogP) is 0.629. The zero-order valence-corrected chi connectivity index (χ0v) is 12.5. The number of methoxy groups -OCH3 is 1. The highest BCUT2D eigenvalue weighted by atomic mass is 16.6. The van der Waals surface area contributed by atoms with Gasteiger partial charge in [0.2, 0.25) is 5.91 Å². The van der Waals surface area contributed by atoms with Crippen LogP contribution in [-0.2, 0) is 19.1 Å². The molecular formula is C14H22N2O5. The van der Waals surface area contributed by atoms with E-state index in [0.717, 1.165) is 12.8 Å². The molecule has 0 N–H and O–H groups in total. The van der Waals surface area contributed by atoms with E-state index in [0.29, 0.717) is 26.2 Å². The molecule has 7 nitrogen and oxygen atoms in total. The third-order valence-electron chi connectivity index (χ3n) is 4.12. The van der Waals surface area contributed by atoms with Crippen molar-refractivity contribution in [1.82, 2.24) is 9.80 Å². The molecule has 1 unspecified atom stereocenters. The Morgan fingerprint density at radius 2 is 1.95 bits per heavy atom. The molecule has 7 heteroatoms. The standard InChI is InChI=1S/C14H22N2O5/c1-3-21-14(19)15-6-4-11(5-7-15)16-9-10(8-12(16)17)13(18)20-2/h10-11H,3-9H2,1-2H3. The lowest BCUT2D eigenvalue weighted by molar-refractivity contribution is -0.145. The van der Waals surface area contributed by atoms with E-state index in [1.54, 1.807) is 16.7 Å². The molecule has 2 rings (SSSR count). The van der Waals surface area contributed by atoms with Gasteiger partial charge in [0, 0.05) is 32.1 Å². The number of carbonyl (C=O) groups excluding carboxylic acids is 3. The van der Waals surface area contributed by atoms with Gasteiger partial charge in [-0.1, -0.05) is 0 Å². The Morgan fingerprint density at radius 1 is 1.29 bits per heavy atom. The third-order valence-corrected chi connectivity index (χ3v) is 4.12. The summed E-state index contributed by atoms with van der Waals surface area (Å²) >= 11 is 0. The van der Waals surface area contributed by atoms with Crippen molar-refractivity contribution < 1.29 is 23.9 Å². The molecule has 118 valence electrons. The number of hydrogen-bond acceptors (Lipinski definition) is 5. The molecule has 0 aromatic heterocycles. The van der Waals surface area contributed by atoms with Crippen molar-refractivity contribution in [1.29, 1.82) is 0 Å². The second kappa shape index (κ2) is 6.78. The Hall–Kier alpha value is -1.79. The predicted molar refractivity (Wildman–Crippen MR) is 73.5 cm³/mol. The molecule has 0 aromatic carbocycles. The van der Waals surface area contributed by atoms with Gasteiger partial charge in [0.1, 0.15) is 0 Å². The summed E-state index contributed by atoms with van der Waals surface area (Å²) in [6, 6.07) is 0.0952. The molecule has 2 saturated heterocycles. The van der Waals surface area contributed by atoms with Crippen molar-refractivity contribution in [3.63, 3.8) is 0 Å². The number of rotatable bonds is 3. The Labute approximate surface area is 124 Å². The van der Waals surface area contributed by atoms with Crippen LogP contribution in [0.25, 0.3) is 0 Å². The maximum Gasteiger partial charge on any atom is 0.409 e. The third kappa shape index (κ3) is 3.46. The molecule has 1 atom stereocenters. The fourth-order valence-electron chi connectivity index (χ4n) is 2.98. The van der Waals surface area contributed by atoms with E-state index in [4.69, 9.17) is 9.47 Å². The van der Waals surface area contributed by atoms with Crippen molar-refractivity contribution in [2.45, 2.75) is 32.2 Å². The van der Waals surface area contributed by atoms with Crippen LogP contribution in [0.15, 0.2) is 0 Å². The first kappa shape index (κ1) is 15.6. The van der Waals surface area contributed by atoms with Gasteiger partial charge >= 0.3 is 12.1 Å². The lowest BCUT2D eigenvalue weighted by Gasteiger charge is -2.36. The van der Waals surface area contributed by atoms with Crippen molar-refractivity contribution in [2.24, 2.45) is 5.92 Å². The number of piperidine rings is 1. The van der Waals surface area contributed by atoms with Gasteiger partial charge in [-0.15, -0.1) is 0 Å². The average molecular weight is 298 g/mol. The molecule has 0 spiro atoms. The molecule has 0 bridgehead atoms. The summed E-state index contributed by atoms with van der Waals surface area (Å²) in [7, 11) is 1.34. The van der Waals surface area contributed by atoms with Gasteiger partial charge in [-0.05, 0) is 19.8 Å². The summed E-state index contributed by atoms with van der Waals surface area (Å²) in [4.78, 5) is 38.6. The first-order chi connectivity index (χ1) is 10.1. The first-order valence-corrected chi connectivity index (χ1v) is 7.35. The van der Waals surface area contributed by atoms with Crippen LogP contribution in [0.1, 0.15) is 26.2 Å². The van der Waals surface area contributed by atoms with Gasteiger partial charge in [-0.2, -0.15) is 0 Å². The van der Waals surface area contributed by atoms with Crippen molar-refractivity contribution >= 4 is 18.0 Å². The van der Waals surface area contributed by atoms with Crippen LogP contribution in [-0.4, -0.2) is 67.2 Å². The van der Waals surface area contributed by atoms with Gasteiger partial charge in [0.05, 0.1) is 19.6 Å². The van der Waals surface area contributed by atoms with Gasteiger partial charge in [0.25, 0.3) is 0 Å². The highest BCUT2D eigenvalue weighted by molar-refractivity contribution is 5.87. The smallest absolute Gasteiger partial charge is 0.409 e. The van der Waals surface area contributed by atoms with Gasteiger partial charge in [-0.3, -0.25) is 9.59 Å². The number of amides is 2. The monoisotopic (exact) mass is 298 g/mol. The Balaban J connectivity index is 1.86. The maximum absolute atomic E-state index is 12.0. The Morgan fingerprint density at radius 3 is 2.52 bits per heavy atom. The van der Waals surface area contributed by atoms with Crippen LogP contribution >= 0.6 is 0 Å². The molecular weight excluding hydrogens is 276 g/mol. The van der Waals surface area contributed by atoms with E-state index in [2.05, 4.69) is 0 Å². The molecule has 0 aliphatic carbocycles. The summed E-state index contributed by atoms with van der Waals surface area (Å²) in [5.41, 5.74) is 0. The van der Waals surface area contributed by atoms with Crippen LogP contribution in [0, 0.1) is 5.92 Å². The van der Waals surface area contributed by atoms with E-state index in [1.807, 2.05) is 0 Å². The van der Waals surface area contributed by atoms with Gasteiger partial charge in [0.15, 0.2) is 0 Å². The van der Waals surface area contributed by atoms with Crippen LogP contribution < -0.4 is 0 Å². The second-order valence-corrected chi connectivity index (χ2v) is 5.39. The summed E-state index contributed by atoms with van der Waals surface area (Å²) in [6.07, 6.45) is 1.37. The molecule has 2 aliphatic rings. The number of ether oxygens (including phenoxy) is 2. The quantitative estimate of drug-likeness (QED) is 0.714. The minimum absolute atomic E-state index is 0.0000141. The Bertz CT molecular complexity index is 418. The zero-order chi connectivity index (χ0) is 15.4. The molecule has 2 amide bonds. The fourth-order valence-corrected chi connectivity index (χ4v) is 2.98. The molecule has 2 aliphatic heterocycles. The second-order valence-electron chi connectivity index (χ2n) is 5.39. The van der Waals surface area contributed by atoms with Gasteiger partial charge < -0.3 is 19.3 Å². The van der Waals surface area contributed by atoms with E-state index < -0.39 is 0 Å². The Kier molecular flexibility index (Phi) is 5.03. The number of carbonyl (C=O) groups is 3. The largest absolute Gasteiger partial charge is 0.469 e. The normalized spacial score (nSPS) is 23.3. The van der Waals surface area contributed by atoms with Crippen LogP contribution in [0.2, 0.25) is 0 Å². The number of likely N-dealkylation sites (tertiary alicyclic amines) is 2. The fraction of sp³-hybridized carbons (Fsp3) is 0.786. The topological polar surface area (TPSA) is 76.2 Å². The minimum Gasteiger partial charge on any atom is -0.469 e. The molecule has 21 heavy (non-hydrogen) atoms. The number of esters is 1. The van der Waals surface area contributed by atoms with E-state index >= 15 is 0 Å². The van der Waals surface area contributed by atoms with Crippen LogP contribution in [0.5, 0.6) is 0 Å². The van der Waals surface area contributed by atoms with E-state index in [-0.39, 0.29) is 36.4 Å². The lowest BCUT2D eigenvalue weighted by Crippen LogP contribution is -2.47. The first-order valence-electron chi connectivity index (χ1n) is 7.35. The summed E-state index contributed by atoms with van der Waals surface area (Å²) in [6.45, 7) is 3.73. The van der Waals surface area contributed by atoms with Crippen molar-refractivity contribution in [3.8, 4) is 0 Å². The van der Waals surface area contributed by atoms with E-state index in [9.17, 15) is 14.4 Å². The number of nitrogens with zero attached hydrogens (tertiary/aromatic N) is 2. The lowest BCUT2D eigenvalue weighted by atomic mass is 10.0. The molecule has 2 heterocycles. The highest BCUT2D eigenvalue weighted by Gasteiger charge is 2.39. The maximum atomic E-state index is 12.0. The zero-order valence-electron chi connectivity index (χ0n) is 12.5. The molecule has 0 radical (unpaired) electrons. The average Bonchev–Trinajstić information content (AvgIpc) is 2.89. The van der Waals surface area contributed by atoms with Crippen molar-refractivity contribution in [2.75, 3.05) is 33.4 Å². The van der Waals surface area contributed by atoms with Crippen LogP contribution in [0.3, 0.4) is 0 Å². The summed E-state index contributed by atoms with van der Waals surface area (Å²) in [5.74, 6) is -0.680. The SMILES string of the molecule is CCOC(=O)N1CCC(N2CC(C(=O)OC)CC2=O)CC1. The van der Waals surface area contributed by atoms with E-state index in [1.165, 1.54) is 7.11 Å². The van der Waals surface area contributed by atoms with Crippen molar-refractivity contribution in [3.05, 3.63) is 0 Å². The molecule has 2 fully saturated rings. The minimum atomic E-state index is -0.356. The molecule has 0 aromatic rings. The van der Waals surface area contributed by atoms with Crippen LogP contribution in [0.4, 0.5) is 4.79 Å². The highest BCUT2D eigenvalue weighted by Crippen LogP contribution is 2.26. The number of hydrogen-bond donors (Lipinski definition) is 0. The summed E-state index contributed by atoms with van der Waals surface area (Å²) in [5, 5.41) is 0. The molecule has 0 saturated carbocycles. The summed E-state index contributed by atoms with van der Waals surface area (Å²) < 4.78 is 9.68.